The standard InChI is InChI=1S/C33H33N3O4/c1-2-40-31-16-27-25(20-36(33(27)39)19-24-12-7-11-21-8-5-6-13-26(21)24)14-28(31)32(38)35-18-30(37)29-15-22-9-3-4-10-23(22)17-34-29/h3-14,16,29-30,34,37H,2,15,17-20H2,1H3,(H,35,38)/t29-,30?/m0/s1. The highest BCUT2D eigenvalue weighted by atomic mass is 16.5. The molecule has 2 aliphatic heterocycles. The number of carbonyl (C=O) groups is 2. The SMILES string of the molecule is CCOc1cc2c(cc1C(=O)NCC(O)[C@@H]1Cc3ccccc3CN1)CN(Cc1cccc3ccccc13)C2=O. The van der Waals surface area contributed by atoms with Gasteiger partial charge in [0.25, 0.3) is 11.8 Å². The number of amides is 2. The molecule has 4 aromatic rings. The van der Waals surface area contributed by atoms with E-state index in [-0.39, 0.29) is 24.4 Å². The smallest absolute Gasteiger partial charge is 0.255 e. The van der Waals surface area contributed by atoms with Crippen molar-refractivity contribution in [3.63, 3.8) is 0 Å². The fourth-order valence-electron chi connectivity index (χ4n) is 5.80. The molecule has 3 N–H and O–H groups in total. The third kappa shape index (κ3) is 5.06. The summed E-state index contributed by atoms with van der Waals surface area (Å²) in [6.45, 7) is 3.89. The molecule has 40 heavy (non-hydrogen) atoms. The van der Waals surface area contributed by atoms with Gasteiger partial charge in [0.1, 0.15) is 5.75 Å². The van der Waals surface area contributed by atoms with E-state index in [1.165, 1.54) is 11.1 Å². The molecule has 7 nitrogen and oxygen atoms in total. The lowest BCUT2D eigenvalue weighted by molar-refractivity contribution is 0.0766. The van der Waals surface area contributed by atoms with Crippen molar-refractivity contribution >= 4 is 22.6 Å². The molecule has 4 aromatic carbocycles. The second-order valence-corrected chi connectivity index (χ2v) is 10.5. The van der Waals surface area contributed by atoms with Gasteiger partial charge in [-0.2, -0.15) is 0 Å². The van der Waals surface area contributed by atoms with Crippen LogP contribution in [0, 0.1) is 0 Å². The third-order valence-corrected chi connectivity index (χ3v) is 7.92. The van der Waals surface area contributed by atoms with Crippen LogP contribution in [0.2, 0.25) is 0 Å². The Bertz CT molecular complexity index is 1580. The molecule has 2 amide bonds. The molecule has 0 fully saturated rings. The van der Waals surface area contributed by atoms with Gasteiger partial charge in [0.2, 0.25) is 0 Å². The summed E-state index contributed by atoms with van der Waals surface area (Å²) in [7, 11) is 0. The minimum Gasteiger partial charge on any atom is -0.493 e. The van der Waals surface area contributed by atoms with Gasteiger partial charge in [0.05, 0.1) is 18.3 Å². The molecule has 2 atom stereocenters. The summed E-state index contributed by atoms with van der Waals surface area (Å²) in [4.78, 5) is 28.5. The van der Waals surface area contributed by atoms with Gasteiger partial charge in [0.15, 0.2) is 0 Å². The van der Waals surface area contributed by atoms with E-state index in [1.54, 1.807) is 17.0 Å². The van der Waals surface area contributed by atoms with Crippen molar-refractivity contribution in [1.82, 2.24) is 15.5 Å². The van der Waals surface area contributed by atoms with Crippen LogP contribution in [0.5, 0.6) is 5.75 Å². The summed E-state index contributed by atoms with van der Waals surface area (Å²) in [5.41, 5.74) is 5.25. The molecule has 0 saturated carbocycles. The molecule has 2 aliphatic rings. The summed E-state index contributed by atoms with van der Waals surface area (Å²) >= 11 is 0. The van der Waals surface area contributed by atoms with E-state index in [0.717, 1.165) is 21.9 Å². The maximum atomic E-state index is 13.4. The maximum absolute atomic E-state index is 13.4. The van der Waals surface area contributed by atoms with Crippen LogP contribution < -0.4 is 15.4 Å². The third-order valence-electron chi connectivity index (χ3n) is 7.92. The van der Waals surface area contributed by atoms with E-state index in [1.807, 2.05) is 43.3 Å². The van der Waals surface area contributed by atoms with Gasteiger partial charge in [-0.25, -0.2) is 0 Å². The van der Waals surface area contributed by atoms with Gasteiger partial charge >= 0.3 is 0 Å². The van der Waals surface area contributed by atoms with Crippen LogP contribution in [0.1, 0.15) is 49.9 Å². The van der Waals surface area contributed by atoms with E-state index in [9.17, 15) is 14.7 Å². The van der Waals surface area contributed by atoms with Crippen LogP contribution in [0.4, 0.5) is 0 Å². The molecule has 0 aromatic heterocycles. The number of hydrogen-bond donors (Lipinski definition) is 3. The molecule has 1 unspecified atom stereocenters. The second kappa shape index (κ2) is 11.1. The van der Waals surface area contributed by atoms with Crippen molar-refractivity contribution in [2.24, 2.45) is 0 Å². The lowest BCUT2D eigenvalue weighted by atomic mass is 9.93. The fourth-order valence-corrected chi connectivity index (χ4v) is 5.80. The molecule has 0 spiro atoms. The lowest BCUT2D eigenvalue weighted by Crippen LogP contribution is -2.49. The number of hydrogen-bond acceptors (Lipinski definition) is 5. The number of aliphatic hydroxyl groups excluding tert-OH is 1. The quantitative estimate of drug-likeness (QED) is 0.315. The topological polar surface area (TPSA) is 90.9 Å². The van der Waals surface area contributed by atoms with Gasteiger partial charge < -0.3 is 25.4 Å². The first-order chi connectivity index (χ1) is 19.5. The molecule has 7 heteroatoms. The zero-order valence-electron chi connectivity index (χ0n) is 22.5. The molecule has 2 heterocycles. The highest BCUT2D eigenvalue weighted by molar-refractivity contribution is 6.03. The Balaban J connectivity index is 1.17. The molecule has 0 aliphatic carbocycles. The normalized spacial score (nSPS) is 16.9. The number of benzene rings is 4. The Hall–Kier alpha value is -4.20. The zero-order valence-corrected chi connectivity index (χ0v) is 22.5. The van der Waals surface area contributed by atoms with Crippen molar-refractivity contribution in [3.05, 3.63) is 112 Å². The van der Waals surface area contributed by atoms with Crippen molar-refractivity contribution < 1.29 is 19.4 Å². The van der Waals surface area contributed by atoms with E-state index in [2.05, 4.69) is 41.0 Å². The van der Waals surface area contributed by atoms with Gasteiger partial charge in [0, 0.05) is 37.8 Å². The summed E-state index contributed by atoms with van der Waals surface area (Å²) in [6.07, 6.45) is -0.0507. The number of rotatable bonds is 8. The average molecular weight is 536 g/mol. The summed E-state index contributed by atoms with van der Waals surface area (Å²) in [5.74, 6) is -0.0327. The van der Waals surface area contributed by atoms with E-state index in [4.69, 9.17) is 4.74 Å². The predicted molar refractivity (Wildman–Crippen MR) is 154 cm³/mol. The molecular formula is C33H33N3O4. The van der Waals surface area contributed by atoms with Gasteiger partial charge in [-0.15, -0.1) is 0 Å². The fraction of sp³-hybridized carbons (Fsp3) is 0.273. The summed E-state index contributed by atoms with van der Waals surface area (Å²) in [5, 5.41) is 19.4. The number of nitrogens with zero attached hydrogens (tertiary/aromatic N) is 1. The summed E-state index contributed by atoms with van der Waals surface area (Å²) < 4.78 is 5.80. The van der Waals surface area contributed by atoms with Crippen LogP contribution in [-0.4, -0.2) is 47.1 Å². The highest BCUT2D eigenvalue weighted by Crippen LogP contribution is 2.32. The Morgan fingerprint density at radius 1 is 1.05 bits per heavy atom. The first-order valence-corrected chi connectivity index (χ1v) is 13.8. The van der Waals surface area contributed by atoms with E-state index < -0.39 is 6.10 Å². The van der Waals surface area contributed by atoms with Gasteiger partial charge in [-0.05, 0) is 58.5 Å². The summed E-state index contributed by atoms with van der Waals surface area (Å²) in [6, 6.07) is 25.8. The number of nitrogens with one attached hydrogen (secondary N) is 2. The van der Waals surface area contributed by atoms with E-state index >= 15 is 0 Å². The first-order valence-electron chi connectivity index (χ1n) is 13.8. The monoisotopic (exact) mass is 535 g/mol. The number of ether oxygens (including phenoxy) is 1. The predicted octanol–water partition coefficient (Wildman–Crippen LogP) is 4.20. The maximum Gasteiger partial charge on any atom is 0.255 e. The largest absolute Gasteiger partial charge is 0.493 e. The number of aliphatic hydroxyl groups is 1. The van der Waals surface area contributed by atoms with Crippen molar-refractivity contribution in [2.45, 2.75) is 45.1 Å². The number of carbonyl (C=O) groups excluding carboxylic acids is 2. The van der Waals surface area contributed by atoms with Crippen molar-refractivity contribution in [3.8, 4) is 5.75 Å². The van der Waals surface area contributed by atoms with Crippen LogP contribution >= 0.6 is 0 Å². The van der Waals surface area contributed by atoms with Crippen LogP contribution in [-0.2, 0) is 26.1 Å². The van der Waals surface area contributed by atoms with Gasteiger partial charge in [-0.1, -0.05) is 66.7 Å². The Morgan fingerprint density at radius 2 is 1.82 bits per heavy atom. The highest BCUT2D eigenvalue weighted by Gasteiger charge is 2.31. The molecule has 204 valence electrons. The molecule has 0 radical (unpaired) electrons. The van der Waals surface area contributed by atoms with Gasteiger partial charge in [-0.3, -0.25) is 9.59 Å². The lowest BCUT2D eigenvalue weighted by Gasteiger charge is -2.30. The van der Waals surface area contributed by atoms with Crippen LogP contribution in [0.3, 0.4) is 0 Å². The molecular weight excluding hydrogens is 502 g/mol. The minimum absolute atomic E-state index is 0.0741. The zero-order chi connectivity index (χ0) is 27.6. The van der Waals surface area contributed by atoms with Crippen molar-refractivity contribution in [1.29, 1.82) is 0 Å². The molecule has 0 saturated heterocycles. The second-order valence-electron chi connectivity index (χ2n) is 10.5. The Kier molecular flexibility index (Phi) is 7.24. The molecule has 6 rings (SSSR count). The van der Waals surface area contributed by atoms with Crippen LogP contribution in [0.15, 0.2) is 78.9 Å². The first kappa shape index (κ1) is 26.0. The average Bonchev–Trinajstić information content (AvgIpc) is 3.29. The van der Waals surface area contributed by atoms with Crippen LogP contribution in [0.25, 0.3) is 10.8 Å². The molecule has 0 bridgehead atoms. The minimum atomic E-state index is -0.750. The Labute approximate surface area is 233 Å². The number of fused-ring (bicyclic) bond motifs is 3. The van der Waals surface area contributed by atoms with Crippen molar-refractivity contribution in [2.75, 3.05) is 13.2 Å². The Morgan fingerprint density at radius 3 is 2.67 bits per heavy atom. The van der Waals surface area contributed by atoms with E-state index in [0.29, 0.717) is 49.5 Å².